The highest BCUT2D eigenvalue weighted by molar-refractivity contribution is 7.99. The second-order valence-corrected chi connectivity index (χ2v) is 5.76. The highest BCUT2D eigenvalue weighted by Crippen LogP contribution is 2.39. The van der Waals surface area contributed by atoms with Crippen LogP contribution >= 0.6 is 11.8 Å². The van der Waals surface area contributed by atoms with E-state index in [0.29, 0.717) is 18.3 Å². The standard InChI is InChI=1S/C14H17N3O2S/c1-2-9(7-15)14-16-13(17-19-14)11-8-20-12-6-4-3-5-10(12)18-11/h3-6,9,11H,2,7-8,15H2,1H3. The first kappa shape index (κ1) is 13.5. The van der Waals surface area contributed by atoms with Gasteiger partial charge in [-0.15, -0.1) is 11.8 Å². The SMILES string of the molecule is CCC(CN)c1nc(C2CSc3ccccc3O2)no1. The van der Waals surface area contributed by atoms with Crippen molar-refractivity contribution in [2.45, 2.75) is 30.3 Å². The lowest BCUT2D eigenvalue weighted by atomic mass is 10.1. The number of thioether (sulfide) groups is 1. The topological polar surface area (TPSA) is 74.2 Å². The molecule has 0 bridgehead atoms. The van der Waals surface area contributed by atoms with Crippen LogP contribution in [0.1, 0.15) is 37.1 Å². The Balaban J connectivity index is 1.78. The fourth-order valence-corrected chi connectivity index (χ4v) is 3.11. The van der Waals surface area contributed by atoms with E-state index in [1.165, 1.54) is 0 Å². The van der Waals surface area contributed by atoms with Crippen LogP contribution in [0.15, 0.2) is 33.7 Å². The Bertz CT molecular complexity index is 583. The maximum Gasteiger partial charge on any atom is 0.231 e. The molecule has 0 fully saturated rings. The van der Waals surface area contributed by atoms with Crippen molar-refractivity contribution in [3.05, 3.63) is 36.0 Å². The fraction of sp³-hybridized carbons (Fsp3) is 0.429. The molecule has 5 nitrogen and oxygen atoms in total. The molecular weight excluding hydrogens is 274 g/mol. The van der Waals surface area contributed by atoms with Crippen molar-refractivity contribution in [3.8, 4) is 5.75 Å². The van der Waals surface area contributed by atoms with Gasteiger partial charge in [-0.05, 0) is 18.6 Å². The van der Waals surface area contributed by atoms with Crippen LogP contribution < -0.4 is 10.5 Å². The maximum absolute atomic E-state index is 5.94. The molecule has 2 atom stereocenters. The summed E-state index contributed by atoms with van der Waals surface area (Å²) < 4.78 is 11.3. The number of hydrogen-bond acceptors (Lipinski definition) is 6. The molecule has 0 saturated carbocycles. The molecular formula is C14H17N3O2S. The zero-order valence-corrected chi connectivity index (χ0v) is 12.1. The second-order valence-electron chi connectivity index (χ2n) is 4.70. The minimum atomic E-state index is -0.164. The van der Waals surface area contributed by atoms with Crippen LogP contribution in [-0.2, 0) is 0 Å². The van der Waals surface area contributed by atoms with Crippen LogP contribution in [0.3, 0.4) is 0 Å². The zero-order chi connectivity index (χ0) is 13.9. The molecule has 0 radical (unpaired) electrons. The van der Waals surface area contributed by atoms with Crippen molar-refractivity contribution in [3.63, 3.8) is 0 Å². The van der Waals surface area contributed by atoms with Gasteiger partial charge in [0.1, 0.15) is 5.75 Å². The predicted octanol–water partition coefficient (Wildman–Crippen LogP) is 2.75. The van der Waals surface area contributed by atoms with Crippen LogP contribution in [0.4, 0.5) is 0 Å². The largest absolute Gasteiger partial charge is 0.480 e. The van der Waals surface area contributed by atoms with Crippen molar-refractivity contribution in [1.29, 1.82) is 0 Å². The summed E-state index contributed by atoms with van der Waals surface area (Å²) in [7, 11) is 0. The highest BCUT2D eigenvalue weighted by Gasteiger charge is 2.27. The molecule has 2 aromatic rings. The van der Waals surface area contributed by atoms with Gasteiger partial charge in [0.2, 0.25) is 11.7 Å². The van der Waals surface area contributed by atoms with Crippen LogP contribution in [0.2, 0.25) is 0 Å². The summed E-state index contributed by atoms with van der Waals surface area (Å²) in [5.41, 5.74) is 5.70. The number of rotatable bonds is 4. The van der Waals surface area contributed by atoms with Gasteiger partial charge >= 0.3 is 0 Å². The lowest BCUT2D eigenvalue weighted by Crippen LogP contribution is -2.17. The minimum absolute atomic E-state index is 0.125. The second kappa shape index (κ2) is 5.85. The molecule has 2 N–H and O–H groups in total. The van der Waals surface area contributed by atoms with Gasteiger partial charge in [-0.3, -0.25) is 0 Å². The summed E-state index contributed by atoms with van der Waals surface area (Å²) in [6.45, 7) is 2.58. The third kappa shape index (κ3) is 2.53. The summed E-state index contributed by atoms with van der Waals surface area (Å²) in [4.78, 5) is 5.61. The first-order chi connectivity index (χ1) is 9.81. The van der Waals surface area contributed by atoms with Crippen molar-refractivity contribution < 1.29 is 9.26 Å². The van der Waals surface area contributed by atoms with Crippen molar-refractivity contribution in [2.24, 2.45) is 5.73 Å². The Hall–Kier alpha value is -1.53. The third-order valence-electron chi connectivity index (χ3n) is 3.38. The number of ether oxygens (including phenoxy) is 1. The van der Waals surface area contributed by atoms with Crippen LogP contribution in [0, 0.1) is 0 Å². The lowest BCUT2D eigenvalue weighted by Gasteiger charge is -2.22. The molecule has 1 aliphatic heterocycles. The van der Waals surface area contributed by atoms with E-state index in [0.717, 1.165) is 22.8 Å². The molecule has 106 valence electrons. The van der Waals surface area contributed by atoms with Crippen LogP contribution in [0.25, 0.3) is 0 Å². The van der Waals surface area contributed by atoms with Gasteiger partial charge in [-0.1, -0.05) is 24.2 Å². The van der Waals surface area contributed by atoms with Gasteiger partial charge in [-0.2, -0.15) is 4.98 Å². The molecule has 0 aliphatic carbocycles. The first-order valence-electron chi connectivity index (χ1n) is 6.73. The number of fused-ring (bicyclic) bond motifs is 1. The number of hydrogen-bond donors (Lipinski definition) is 1. The van der Waals surface area contributed by atoms with Crippen molar-refractivity contribution >= 4 is 11.8 Å². The number of benzene rings is 1. The van der Waals surface area contributed by atoms with E-state index in [1.807, 2.05) is 18.2 Å². The molecule has 0 amide bonds. The lowest BCUT2D eigenvalue weighted by molar-refractivity contribution is 0.205. The summed E-state index contributed by atoms with van der Waals surface area (Å²) in [5.74, 6) is 3.01. The van der Waals surface area contributed by atoms with E-state index >= 15 is 0 Å². The van der Waals surface area contributed by atoms with Crippen LogP contribution in [0.5, 0.6) is 5.75 Å². The smallest absolute Gasteiger partial charge is 0.231 e. The van der Waals surface area contributed by atoms with Gasteiger partial charge in [-0.25, -0.2) is 0 Å². The molecule has 1 aromatic carbocycles. The van der Waals surface area contributed by atoms with Gasteiger partial charge < -0.3 is 15.0 Å². The predicted molar refractivity (Wildman–Crippen MR) is 76.9 cm³/mol. The van der Waals surface area contributed by atoms with E-state index < -0.39 is 0 Å². The molecule has 0 saturated heterocycles. The fourth-order valence-electron chi connectivity index (χ4n) is 2.13. The number of nitrogens with two attached hydrogens (primary N) is 1. The van der Waals surface area contributed by atoms with Gasteiger partial charge in [0.05, 0.1) is 5.92 Å². The quantitative estimate of drug-likeness (QED) is 0.933. The zero-order valence-electron chi connectivity index (χ0n) is 11.3. The number of nitrogens with zero attached hydrogens (tertiary/aromatic N) is 2. The van der Waals surface area contributed by atoms with Gasteiger partial charge in [0, 0.05) is 17.2 Å². The van der Waals surface area contributed by atoms with Crippen molar-refractivity contribution in [2.75, 3.05) is 12.3 Å². The Morgan fingerprint density at radius 1 is 1.45 bits per heavy atom. The monoisotopic (exact) mass is 291 g/mol. The van der Waals surface area contributed by atoms with E-state index in [4.69, 9.17) is 15.0 Å². The number of para-hydroxylation sites is 1. The third-order valence-corrected chi connectivity index (χ3v) is 4.50. The maximum atomic E-state index is 5.94. The average Bonchev–Trinajstić information content (AvgIpc) is 2.98. The van der Waals surface area contributed by atoms with E-state index in [1.54, 1.807) is 11.8 Å². The van der Waals surface area contributed by atoms with E-state index in [-0.39, 0.29) is 12.0 Å². The molecule has 3 rings (SSSR count). The summed E-state index contributed by atoms with van der Waals surface area (Å²) in [6.07, 6.45) is 0.726. The Labute approximate surface area is 121 Å². The molecule has 20 heavy (non-hydrogen) atoms. The molecule has 6 heteroatoms. The van der Waals surface area contributed by atoms with Crippen molar-refractivity contribution in [1.82, 2.24) is 10.1 Å². The number of aromatic nitrogens is 2. The van der Waals surface area contributed by atoms with Gasteiger partial charge in [0.15, 0.2) is 6.10 Å². The summed E-state index contributed by atoms with van der Waals surface area (Å²) in [5, 5.41) is 4.05. The Kier molecular flexibility index (Phi) is 3.93. The Morgan fingerprint density at radius 3 is 3.10 bits per heavy atom. The Morgan fingerprint density at radius 2 is 2.30 bits per heavy atom. The van der Waals surface area contributed by atoms with Gasteiger partial charge in [0.25, 0.3) is 0 Å². The first-order valence-corrected chi connectivity index (χ1v) is 7.72. The summed E-state index contributed by atoms with van der Waals surface area (Å²) in [6, 6.07) is 7.99. The molecule has 1 aliphatic rings. The molecule has 0 spiro atoms. The molecule has 2 unspecified atom stereocenters. The molecule has 1 aromatic heterocycles. The normalized spacial score (nSPS) is 19.2. The average molecular weight is 291 g/mol. The summed E-state index contributed by atoms with van der Waals surface area (Å²) >= 11 is 1.75. The highest BCUT2D eigenvalue weighted by atomic mass is 32.2. The minimum Gasteiger partial charge on any atom is -0.480 e. The molecule has 2 heterocycles. The van der Waals surface area contributed by atoms with E-state index in [2.05, 4.69) is 23.1 Å². The van der Waals surface area contributed by atoms with Crippen LogP contribution in [-0.4, -0.2) is 22.4 Å². The van der Waals surface area contributed by atoms with E-state index in [9.17, 15) is 0 Å².